The van der Waals surface area contributed by atoms with Gasteiger partial charge in [0.1, 0.15) is 18.0 Å². The SMILES string of the molecule is CC(=O)CCC[C@@H](CN(CCCCN(Cc1ccccc1)C[C@H](CCNC(C)=O)OC(C)=O)Cc1ccccc1)OC(C)=O.S.S. The molecule has 0 radical (unpaired) electrons. The van der Waals surface area contributed by atoms with Crippen molar-refractivity contribution in [3.05, 3.63) is 71.8 Å². The number of hydrogen-bond acceptors (Lipinski definition) is 8. The number of rotatable bonds is 22. The van der Waals surface area contributed by atoms with Crippen molar-refractivity contribution in [3.8, 4) is 0 Å². The molecule has 1 N–H and O–H groups in total. The van der Waals surface area contributed by atoms with E-state index in [1.54, 1.807) is 6.92 Å². The Morgan fingerprint density at radius 3 is 1.48 bits per heavy atom. The van der Waals surface area contributed by atoms with Crippen LogP contribution < -0.4 is 5.32 Å². The molecule has 46 heavy (non-hydrogen) atoms. The molecule has 0 aliphatic rings. The van der Waals surface area contributed by atoms with Crippen LogP contribution in [0.5, 0.6) is 0 Å². The molecule has 258 valence electrons. The van der Waals surface area contributed by atoms with Gasteiger partial charge in [-0.05, 0) is 56.8 Å². The smallest absolute Gasteiger partial charge is 0.302 e. The molecule has 0 aromatic heterocycles. The van der Waals surface area contributed by atoms with Crippen LogP contribution in [0.15, 0.2) is 60.7 Å². The topological polar surface area (TPSA) is 105 Å². The Labute approximate surface area is 289 Å². The summed E-state index contributed by atoms with van der Waals surface area (Å²) in [5, 5.41) is 2.80. The molecule has 0 heterocycles. The lowest BCUT2D eigenvalue weighted by Crippen LogP contribution is -2.38. The molecule has 1 amide bonds. The summed E-state index contributed by atoms with van der Waals surface area (Å²) in [6.07, 6.45) is 3.57. The zero-order chi connectivity index (χ0) is 32.2. The number of nitrogens with one attached hydrogen (secondary N) is 1. The largest absolute Gasteiger partial charge is 0.461 e. The number of Topliss-reactive ketones (excluding diaryl/α,β-unsaturated/α-hetero) is 1. The van der Waals surface area contributed by atoms with Crippen molar-refractivity contribution in [2.24, 2.45) is 0 Å². The maximum Gasteiger partial charge on any atom is 0.302 e. The van der Waals surface area contributed by atoms with Crippen LogP contribution in [-0.4, -0.2) is 78.4 Å². The standard InChI is InChI=1S/C35H51N3O6.2H2S/c1-28(39)14-13-19-34(43-30(3)41)26-37(24-32-15-7-5-8-16-32)22-11-12-23-38(25-33-17-9-6-10-18-33)27-35(44-31(4)42)20-21-36-29(2)40;;/h5-10,15-18,34-35H,11-14,19-27H2,1-4H3,(H,36,40);2*1H2/t34-,35-;;/m0../s1. The van der Waals surface area contributed by atoms with Crippen LogP contribution in [0.2, 0.25) is 0 Å². The summed E-state index contributed by atoms with van der Waals surface area (Å²) in [5.74, 6) is -0.615. The van der Waals surface area contributed by atoms with Crippen LogP contribution in [-0.2, 0) is 41.7 Å². The molecular weight excluding hydrogens is 623 g/mol. The first-order valence-electron chi connectivity index (χ1n) is 15.7. The van der Waals surface area contributed by atoms with Gasteiger partial charge in [0.25, 0.3) is 0 Å². The van der Waals surface area contributed by atoms with Gasteiger partial charge in [0.05, 0.1) is 0 Å². The number of benzene rings is 2. The highest BCUT2D eigenvalue weighted by atomic mass is 32.1. The van der Waals surface area contributed by atoms with Gasteiger partial charge in [0, 0.05) is 66.3 Å². The van der Waals surface area contributed by atoms with E-state index in [1.165, 1.54) is 31.9 Å². The number of amides is 1. The van der Waals surface area contributed by atoms with Crippen LogP contribution >= 0.6 is 27.0 Å². The molecule has 0 aliphatic heterocycles. The van der Waals surface area contributed by atoms with Gasteiger partial charge in [0.2, 0.25) is 5.91 Å². The fourth-order valence-corrected chi connectivity index (χ4v) is 5.23. The summed E-state index contributed by atoms with van der Waals surface area (Å²) in [6.45, 7) is 10.6. The van der Waals surface area contributed by atoms with Crippen molar-refractivity contribution < 1.29 is 28.7 Å². The van der Waals surface area contributed by atoms with Crippen molar-refractivity contribution in [2.45, 2.75) is 91.5 Å². The van der Waals surface area contributed by atoms with E-state index in [9.17, 15) is 19.2 Å². The third kappa shape index (κ3) is 21.0. The van der Waals surface area contributed by atoms with Crippen LogP contribution in [0.4, 0.5) is 0 Å². The second-order valence-electron chi connectivity index (χ2n) is 11.5. The highest BCUT2D eigenvalue weighted by molar-refractivity contribution is 7.59. The average molecular weight is 678 g/mol. The summed E-state index contributed by atoms with van der Waals surface area (Å²) in [4.78, 5) is 51.2. The lowest BCUT2D eigenvalue weighted by molar-refractivity contribution is -0.148. The van der Waals surface area contributed by atoms with E-state index in [0.29, 0.717) is 45.3 Å². The molecule has 0 unspecified atom stereocenters. The van der Waals surface area contributed by atoms with E-state index in [4.69, 9.17) is 9.47 Å². The van der Waals surface area contributed by atoms with Gasteiger partial charge in [-0.3, -0.25) is 24.2 Å². The lowest BCUT2D eigenvalue weighted by Gasteiger charge is -2.29. The Hall–Kier alpha value is -2.86. The molecular formula is C35H55N3O6S2. The quantitative estimate of drug-likeness (QED) is 0.135. The molecule has 2 aromatic carbocycles. The maximum atomic E-state index is 11.9. The molecule has 0 saturated carbocycles. The molecule has 2 rings (SSSR count). The zero-order valence-electron chi connectivity index (χ0n) is 28.0. The Balaban J connectivity index is 0.0000101. The summed E-state index contributed by atoms with van der Waals surface area (Å²) >= 11 is 0. The van der Waals surface area contributed by atoms with Crippen molar-refractivity contribution in [2.75, 3.05) is 32.7 Å². The Kier molecular flexibility index (Phi) is 23.7. The molecule has 0 saturated heterocycles. The Bertz CT molecular complexity index is 1050. The first-order chi connectivity index (χ1) is 21.1. The van der Waals surface area contributed by atoms with Gasteiger partial charge >= 0.3 is 11.9 Å². The number of carbonyl (C=O) groups excluding carboxylic acids is 4. The molecule has 0 spiro atoms. The van der Waals surface area contributed by atoms with E-state index in [2.05, 4.69) is 39.4 Å². The molecule has 0 fully saturated rings. The van der Waals surface area contributed by atoms with Crippen molar-refractivity contribution in [3.63, 3.8) is 0 Å². The summed E-state index contributed by atoms with van der Waals surface area (Å²) in [7, 11) is 0. The van der Waals surface area contributed by atoms with Crippen LogP contribution in [0.25, 0.3) is 0 Å². The van der Waals surface area contributed by atoms with Gasteiger partial charge in [-0.25, -0.2) is 0 Å². The molecule has 0 aliphatic carbocycles. The minimum absolute atomic E-state index is 0. The van der Waals surface area contributed by atoms with Crippen molar-refractivity contribution in [1.82, 2.24) is 15.1 Å². The third-order valence-corrected chi connectivity index (χ3v) is 7.18. The van der Waals surface area contributed by atoms with Crippen LogP contribution in [0, 0.1) is 0 Å². The summed E-state index contributed by atoms with van der Waals surface area (Å²) < 4.78 is 11.3. The predicted octanol–water partition coefficient (Wildman–Crippen LogP) is 5.15. The second-order valence-corrected chi connectivity index (χ2v) is 11.5. The monoisotopic (exact) mass is 677 g/mol. The van der Waals surface area contributed by atoms with Crippen LogP contribution in [0.3, 0.4) is 0 Å². The molecule has 2 atom stereocenters. The Morgan fingerprint density at radius 2 is 1.09 bits per heavy atom. The fourth-order valence-electron chi connectivity index (χ4n) is 5.23. The molecule has 2 aromatic rings. The minimum Gasteiger partial charge on any atom is -0.461 e. The summed E-state index contributed by atoms with van der Waals surface area (Å²) in [5.41, 5.74) is 2.36. The average Bonchev–Trinajstić information content (AvgIpc) is 2.95. The molecule has 0 bridgehead atoms. The first-order valence-corrected chi connectivity index (χ1v) is 15.7. The van der Waals surface area contributed by atoms with Crippen LogP contribution in [0.1, 0.15) is 77.3 Å². The van der Waals surface area contributed by atoms with Gasteiger partial charge in [0.15, 0.2) is 0 Å². The van der Waals surface area contributed by atoms with Crippen molar-refractivity contribution >= 4 is 50.6 Å². The number of esters is 2. The van der Waals surface area contributed by atoms with E-state index in [0.717, 1.165) is 39.0 Å². The third-order valence-electron chi connectivity index (χ3n) is 7.18. The van der Waals surface area contributed by atoms with E-state index < -0.39 is 0 Å². The van der Waals surface area contributed by atoms with E-state index in [-0.39, 0.29) is 62.8 Å². The minimum atomic E-state index is -0.336. The first kappa shape index (κ1) is 43.1. The Morgan fingerprint density at radius 1 is 0.652 bits per heavy atom. The number of ketones is 1. The van der Waals surface area contributed by atoms with E-state index >= 15 is 0 Å². The van der Waals surface area contributed by atoms with Crippen molar-refractivity contribution in [1.29, 1.82) is 0 Å². The number of nitrogens with zero attached hydrogens (tertiary/aromatic N) is 2. The van der Waals surface area contributed by atoms with Gasteiger partial charge in [-0.1, -0.05) is 60.7 Å². The highest BCUT2D eigenvalue weighted by Gasteiger charge is 2.20. The fraction of sp³-hybridized carbons (Fsp3) is 0.543. The maximum absolute atomic E-state index is 11.9. The predicted molar refractivity (Wildman–Crippen MR) is 192 cm³/mol. The van der Waals surface area contributed by atoms with Gasteiger partial charge in [-0.15, -0.1) is 0 Å². The number of unbranched alkanes of at least 4 members (excludes halogenated alkanes) is 1. The summed E-state index contributed by atoms with van der Waals surface area (Å²) in [6, 6.07) is 20.5. The van der Waals surface area contributed by atoms with Gasteiger partial charge < -0.3 is 19.6 Å². The number of ether oxygens (including phenoxy) is 2. The normalized spacial score (nSPS) is 12.0. The lowest BCUT2D eigenvalue weighted by atomic mass is 10.1. The van der Waals surface area contributed by atoms with Gasteiger partial charge in [-0.2, -0.15) is 27.0 Å². The molecule has 9 nitrogen and oxygen atoms in total. The number of hydrogen-bond donors (Lipinski definition) is 1. The highest BCUT2D eigenvalue weighted by Crippen LogP contribution is 2.14. The zero-order valence-corrected chi connectivity index (χ0v) is 30.0. The molecule has 11 heteroatoms. The number of carbonyl (C=O) groups is 4. The second kappa shape index (κ2) is 25.3. The van der Waals surface area contributed by atoms with E-state index in [1.807, 2.05) is 36.4 Å².